The summed E-state index contributed by atoms with van der Waals surface area (Å²) in [6, 6.07) is 15.3. The summed E-state index contributed by atoms with van der Waals surface area (Å²) in [5.74, 6) is -0.0141. The Bertz CT molecular complexity index is 626. The van der Waals surface area contributed by atoms with Gasteiger partial charge < -0.3 is 10.6 Å². The third kappa shape index (κ3) is 6.22. The molecule has 5 heteroatoms. The van der Waals surface area contributed by atoms with Crippen LogP contribution in [0.15, 0.2) is 48.5 Å². The van der Waals surface area contributed by atoms with Crippen molar-refractivity contribution in [3.05, 3.63) is 69.7 Å². The van der Waals surface area contributed by atoms with Gasteiger partial charge in [-0.1, -0.05) is 47.5 Å². The van der Waals surface area contributed by atoms with Crippen molar-refractivity contribution in [1.29, 1.82) is 0 Å². The van der Waals surface area contributed by atoms with Crippen LogP contribution in [0.2, 0.25) is 10.0 Å². The Hall–Kier alpha value is -1.55. The van der Waals surface area contributed by atoms with Crippen LogP contribution in [0.3, 0.4) is 0 Å². The van der Waals surface area contributed by atoms with Gasteiger partial charge in [-0.3, -0.25) is 4.79 Å². The molecule has 0 bridgehead atoms. The average Bonchev–Trinajstić information content (AvgIpc) is 2.55. The Morgan fingerprint density at radius 3 is 2.17 bits per heavy atom. The van der Waals surface area contributed by atoms with Gasteiger partial charge in [0.1, 0.15) is 0 Å². The minimum Gasteiger partial charge on any atom is -0.355 e. The number of benzene rings is 2. The molecule has 3 nitrogen and oxygen atoms in total. The topological polar surface area (TPSA) is 41.1 Å². The van der Waals surface area contributed by atoms with Crippen LogP contribution >= 0.6 is 23.2 Å². The second-order valence-electron chi connectivity index (χ2n) is 5.38. The van der Waals surface area contributed by atoms with Gasteiger partial charge in [-0.05, 0) is 48.7 Å². The minimum atomic E-state index is -0.0141. The summed E-state index contributed by atoms with van der Waals surface area (Å²) in [6.07, 6.45) is 0.787. The summed E-state index contributed by atoms with van der Waals surface area (Å²) in [7, 11) is 0. The molecule has 0 aliphatic carbocycles. The Kier molecular flexibility index (Phi) is 6.90. The van der Waals surface area contributed by atoms with Gasteiger partial charge in [0.15, 0.2) is 0 Å². The molecule has 23 heavy (non-hydrogen) atoms. The molecule has 0 aliphatic heterocycles. The van der Waals surface area contributed by atoms with Crippen LogP contribution in [0.1, 0.15) is 24.1 Å². The van der Waals surface area contributed by atoms with Crippen LogP contribution in [-0.4, -0.2) is 19.0 Å². The van der Waals surface area contributed by atoms with Gasteiger partial charge in [0.2, 0.25) is 5.91 Å². The second kappa shape index (κ2) is 8.92. The zero-order chi connectivity index (χ0) is 16.7. The smallest absolute Gasteiger partial charge is 0.233 e. The molecule has 0 spiro atoms. The maximum Gasteiger partial charge on any atom is 0.233 e. The Balaban J connectivity index is 1.68. The van der Waals surface area contributed by atoms with Crippen molar-refractivity contribution in [3.8, 4) is 0 Å². The van der Waals surface area contributed by atoms with E-state index in [1.807, 2.05) is 55.5 Å². The zero-order valence-electron chi connectivity index (χ0n) is 13.0. The molecule has 0 unspecified atom stereocenters. The number of hydrogen-bond donors (Lipinski definition) is 2. The largest absolute Gasteiger partial charge is 0.355 e. The van der Waals surface area contributed by atoms with Crippen molar-refractivity contribution in [2.24, 2.45) is 0 Å². The van der Waals surface area contributed by atoms with Crippen molar-refractivity contribution in [3.63, 3.8) is 0 Å². The van der Waals surface area contributed by atoms with Crippen LogP contribution in [0, 0.1) is 0 Å². The molecule has 2 rings (SSSR count). The van der Waals surface area contributed by atoms with Crippen molar-refractivity contribution in [2.45, 2.75) is 19.4 Å². The summed E-state index contributed by atoms with van der Waals surface area (Å²) in [4.78, 5) is 11.9. The van der Waals surface area contributed by atoms with E-state index in [1.54, 1.807) is 0 Å². The summed E-state index contributed by atoms with van der Waals surface area (Å²) in [5, 5.41) is 7.54. The number of carbonyl (C=O) groups is 1. The number of nitrogens with one attached hydrogen (secondary N) is 2. The lowest BCUT2D eigenvalue weighted by molar-refractivity contribution is -0.120. The van der Waals surface area contributed by atoms with Crippen LogP contribution in [0.25, 0.3) is 0 Å². The Morgan fingerprint density at radius 1 is 1.00 bits per heavy atom. The van der Waals surface area contributed by atoms with Gasteiger partial charge in [0, 0.05) is 22.6 Å². The molecule has 2 aromatic rings. The molecule has 0 fully saturated rings. The van der Waals surface area contributed by atoms with E-state index in [1.165, 1.54) is 0 Å². The maximum absolute atomic E-state index is 11.9. The zero-order valence-corrected chi connectivity index (χ0v) is 14.5. The van der Waals surface area contributed by atoms with Crippen LogP contribution in [-0.2, 0) is 11.2 Å². The van der Waals surface area contributed by atoms with Crippen molar-refractivity contribution >= 4 is 29.1 Å². The molecule has 0 saturated heterocycles. The molecule has 2 aromatic carbocycles. The lowest BCUT2D eigenvalue weighted by Gasteiger charge is -2.14. The van der Waals surface area contributed by atoms with Crippen LogP contribution in [0.5, 0.6) is 0 Å². The first kappa shape index (κ1) is 17.8. The Morgan fingerprint density at radius 2 is 1.57 bits per heavy atom. The Labute approximate surface area is 147 Å². The van der Waals surface area contributed by atoms with E-state index in [0.29, 0.717) is 11.6 Å². The highest BCUT2D eigenvalue weighted by Crippen LogP contribution is 2.15. The van der Waals surface area contributed by atoms with Gasteiger partial charge in [0.25, 0.3) is 0 Å². The standard InChI is InChI=1S/C18H20Cl2N2O/c1-13(15-4-8-17(20)9-5-15)22-12-18(23)21-11-10-14-2-6-16(19)7-3-14/h2-9,13,22H,10-12H2,1H3,(H,21,23)/t13-/m0/s1. The van der Waals surface area contributed by atoms with Crippen LogP contribution < -0.4 is 10.6 Å². The summed E-state index contributed by atoms with van der Waals surface area (Å²) >= 11 is 11.7. The molecule has 1 atom stereocenters. The average molecular weight is 351 g/mol. The SMILES string of the molecule is C[C@H](NCC(=O)NCCc1ccc(Cl)cc1)c1ccc(Cl)cc1. The van der Waals surface area contributed by atoms with Gasteiger partial charge in [0.05, 0.1) is 6.54 Å². The predicted octanol–water partition coefficient (Wildman–Crippen LogP) is 4.00. The molecule has 0 heterocycles. The summed E-state index contributed by atoms with van der Waals surface area (Å²) < 4.78 is 0. The van der Waals surface area contributed by atoms with E-state index in [9.17, 15) is 4.79 Å². The predicted molar refractivity (Wildman–Crippen MR) is 96.0 cm³/mol. The van der Waals surface area contributed by atoms with E-state index >= 15 is 0 Å². The van der Waals surface area contributed by atoms with Gasteiger partial charge in [-0.25, -0.2) is 0 Å². The summed E-state index contributed by atoms with van der Waals surface area (Å²) in [5.41, 5.74) is 2.25. The lowest BCUT2D eigenvalue weighted by Crippen LogP contribution is -2.36. The normalized spacial score (nSPS) is 12.0. The fourth-order valence-corrected chi connectivity index (χ4v) is 2.43. The lowest BCUT2D eigenvalue weighted by atomic mass is 10.1. The van der Waals surface area contributed by atoms with Crippen molar-refractivity contribution in [2.75, 3.05) is 13.1 Å². The molecule has 0 saturated carbocycles. The molecule has 122 valence electrons. The number of carbonyl (C=O) groups excluding carboxylic acids is 1. The minimum absolute atomic E-state index is 0.0141. The summed E-state index contributed by atoms with van der Waals surface area (Å²) in [6.45, 7) is 2.91. The first-order valence-corrected chi connectivity index (χ1v) is 8.30. The first-order valence-electron chi connectivity index (χ1n) is 7.54. The van der Waals surface area contributed by atoms with Crippen molar-refractivity contribution < 1.29 is 4.79 Å². The maximum atomic E-state index is 11.9. The molecular formula is C18H20Cl2N2O. The molecule has 0 aromatic heterocycles. The second-order valence-corrected chi connectivity index (χ2v) is 6.25. The highest BCUT2D eigenvalue weighted by Gasteiger charge is 2.07. The third-order valence-electron chi connectivity index (χ3n) is 3.59. The third-order valence-corrected chi connectivity index (χ3v) is 4.09. The number of hydrogen-bond acceptors (Lipinski definition) is 2. The highest BCUT2D eigenvalue weighted by molar-refractivity contribution is 6.30. The monoisotopic (exact) mass is 350 g/mol. The molecule has 0 aliphatic rings. The van der Waals surface area contributed by atoms with E-state index in [4.69, 9.17) is 23.2 Å². The quantitative estimate of drug-likeness (QED) is 0.792. The molecule has 0 radical (unpaired) electrons. The van der Waals surface area contributed by atoms with E-state index in [0.717, 1.165) is 22.6 Å². The first-order chi connectivity index (χ1) is 11.0. The van der Waals surface area contributed by atoms with Gasteiger partial charge >= 0.3 is 0 Å². The number of halogens is 2. The molecule has 2 N–H and O–H groups in total. The van der Waals surface area contributed by atoms with Gasteiger partial charge in [-0.15, -0.1) is 0 Å². The number of rotatable bonds is 7. The fourth-order valence-electron chi connectivity index (χ4n) is 2.17. The van der Waals surface area contributed by atoms with Gasteiger partial charge in [-0.2, -0.15) is 0 Å². The number of amides is 1. The van der Waals surface area contributed by atoms with E-state index in [2.05, 4.69) is 10.6 Å². The fraction of sp³-hybridized carbons (Fsp3) is 0.278. The van der Waals surface area contributed by atoms with Crippen molar-refractivity contribution in [1.82, 2.24) is 10.6 Å². The molecular weight excluding hydrogens is 331 g/mol. The van der Waals surface area contributed by atoms with Crippen LogP contribution in [0.4, 0.5) is 0 Å². The van der Waals surface area contributed by atoms with E-state index < -0.39 is 0 Å². The van der Waals surface area contributed by atoms with E-state index in [-0.39, 0.29) is 18.5 Å². The molecule has 1 amide bonds. The highest BCUT2D eigenvalue weighted by atomic mass is 35.5.